The van der Waals surface area contributed by atoms with E-state index in [2.05, 4.69) is 5.32 Å². The number of hydrogen-bond acceptors (Lipinski definition) is 5. The number of esters is 1. The molecule has 0 fully saturated rings. The van der Waals surface area contributed by atoms with Crippen LogP contribution in [0.25, 0.3) is 6.08 Å². The first-order valence-corrected chi connectivity index (χ1v) is 10.4. The first kappa shape index (κ1) is 23.3. The lowest BCUT2D eigenvalue weighted by molar-refractivity contribution is -0.142. The lowest BCUT2D eigenvalue weighted by Crippen LogP contribution is -2.22. The van der Waals surface area contributed by atoms with Gasteiger partial charge in [0, 0.05) is 25.5 Å². The molecule has 0 radical (unpaired) electrons. The number of hydrogen-bond donors (Lipinski definition) is 1. The third-order valence-electron chi connectivity index (χ3n) is 4.92. The second kappa shape index (κ2) is 11.3. The van der Waals surface area contributed by atoms with Crippen LogP contribution in [0.1, 0.15) is 16.7 Å². The predicted octanol–water partition coefficient (Wildman–Crippen LogP) is 4.43. The van der Waals surface area contributed by atoms with Gasteiger partial charge in [0.1, 0.15) is 11.6 Å². The molecule has 1 N–H and O–H groups in total. The van der Waals surface area contributed by atoms with Gasteiger partial charge in [0.25, 0.3) is 5.91 Å². The second-order valence-electron chi connectivity index (χ2n) is 7.60. The van der Waals surface area contributed by atoms with Crippen molar-refractivity contribution in [3.63, 3.8) is 0 Å². The molecule has 6 nitrogen and oxygen atoms in total. The summed E-state index contributed by atoms with van der Waals surface area (Å²) in [7, 11) is 3.85. The van der Waals surface area contributed by atoms with E-state index in [1.165, 1.54) is 6.08 Å². The standard InChI is InChI=1S/C27H25N3O3/c1-30(2)24-14-12-21(13-15-24)17-23(18-28)27(32)33-19-26(31)29-25-11-7-6-10-22(25)16-20-8-4-3-5-9-20/h3-15,17H,16,19H2,1-2H3,(H,29,31)/b23-17+. The average molecular weight is 440 g/mol. The van der Waals surface area contributed by atoms with Crippen molar-refractivity contribution in [1.29, 1.82) is 5.26 Å². The quantitative estimate of drug-likeness (QED) is 0.319. The number of carbonyl (C=O) groups is 2. The fourth-order valence-electron chi connectivity index (χ4n) is 3.18. The molecule has 3 rings (SSSR count). The molecule has 0 saturated carbocycles. The van der Waals surface area contributed by atoms with E-state index in [1.54, 1.807) is 18.2 Å². The van der Waals surface area contributed by atoms with Crippen LogP contribution in [-0.4, -0.2) is 32.6 Å². The van der Waals surface area contributed by atoms with Crippen LogP contribution in [0.2, 0.25) is 0 Å². The number of nitrogens with zero attached hydrogens (tertiary/aromatic N) is 2. The second-order valence-corrected chi connectivity index (χ2v) is 7.60. The van der Waals surface area contributed by atoms with Crippen molar-refractivity contribution in [2.24, 2.45) is 0 Å². The van der Waals surface area contributed by atoms with Crippen molar-refractivity contribution in [1.82, 2.24) is 0 Å². The summed E-state index contributed by atoms with van der Waals surface area (Å²) in [6.45, 7) is -0.489. The van der Waals surface area contributed by atoms with E-state index in [0.717, 1.165) is 16.8 Å². The normalized spacial score (nSPS) is 10.8. The molecule has 0 bridgehead atoms. The Labute approximate surface area is 193 Å². The molecule has 0 aromatic heterocycles. The molecule has 0 aliphatic rings. The third kappa shape index (κ3) is 6.81. The molecule has 6 heteroatoms. The number of ether oxygens (including phenoxy) is 1. The van der Waals surface area contributed by atoms with Gasteiger partial charge in [0.05, 0.1) is 0 Å². The number of para-hydroxylation sites is 1. The zero-order valence-corrected chi connectivity index (χ0v) is 18.6. The minimum atomic E-state index is -0.845. The van der Waals surface area contributed by atoms with Crippen molar-refractivity contribution in [3.8, 4) is 6.07 Å². The maximum absolute atomic E-state index is 12.4. The van der Waals surface area contributed by atoms with Crippen molar-refractivity contribution in [2.75, 3.05) is 30.9 Å². The van der Waals surface area contributed by atoms with Crippen LogP contribution in [0.5, 0.6) is 0 Å². The minimum Gasteiger partial charge on any atom is -0.451 e. The van der Waals surface area contributed by atoms with Crippen molar-refractivity contribution >= 4 is 29.3 Å². The molecule has 166 valence electrons. The first-order chi connectivity index (χ1) is 16.0. The van der Waals surface area contributed by atoms with Gasteiger partial charge in [0.15, 0.2) is 6.61 Å². The molecule has 0 saturated heterocycles. The summed E-state index contributed by atoms with van der Waals surface area (Å²) >= 11 is 0. The SMILES string of the molecule is CN(C)c1ccc(/C=C(\C#N)C(=O)OCC(=O)Nc2ccccc2Cc2ccccc2)cc1. The Morgan fingerprint density at radius 3 is 2.30 bits per heavy atom. The number of nitrogens with one attached hydrogen (secondary N) is 1. The van der Waals surface area contributed by atoms with E-state index in [9.17, 15) is 14.9 Å². The van der Waals surface area contributed by atoms with Gasteiger partial charge in [-0.15, -0.1) is 0 Å². The van der Waals surface area contributed by atoms with Gasteiger partial charge in [-0.1, -0.05) is 60.7 Å². The Morgan fingerprint density at radius 2 is 1.64 bits per heavy atom. The summed E-state index contributed by atoms with van der Waals surface area (Å²) in [5.41, 5.74) is 4.23. The fourth-order valence-corrected chi connectivity index (χ4v) is 3.18. The van der Waals surface area contributed by atoms with Crippen LogP contribution < -0.4 is 10.2 Å². The van der Waals surface area contributed by atoms with Gasteiger partial charge >= 0.3 is 5.97 Å². The summed E-state index contributed by atoms with van der Waals surface area (Å²) in [4.78, 5) is 26.7. The summed E-state index contributed by atoms with van der Waals surface area (Å²) in [6.07, 6.45) is 2.10. The summed E-state index contributed by atoms with van der Waals surface area (Å²) in [5, 5.41) is 12.1. The Morgan fingerprint density at radius 1 is 0.970 bits per heavy atom. The molecule has 0 spiro atoms. The maximum atomic E-state index is 12.4. The molecule has 3 aromatic carbocycles. The number of anilines is 2. The van der Waals surface area contributed by atoms with Crippen molar-refractivity contribution in [3.05, 3.63) is 101 Å². The Balaban J connectivity index is 1.60. The van der Waals surface area contributed by atoms with Crippen LogP contribution in [0.15, 0.2) is 84.4 Å². The fraction of sp³-hybridized carbons (Fsp3) is 0.148. The zero-order valence-electron chi connectivity index (χ0n) is 18.6. The topological polar surface area (TPSA) is 82.4 Å². The summed E-state index contributed by atoms with van der Waals surface area (Å²) in [5.74, 6) is -1.32. The highest BCUT2D eigenvalue weighted by Gasteiger charge is 2.14. The molecule has 0 atom stereocenters. The summed E-state index contributed by atoms with van der Waals surface area (Å²) < 4.78 is 5.07. The van der Waals surface area contributed by atoms with Gasteiger partial charge < -0.3 is 15.0 Å². The largest absolute Gasteiger partial charge is 0.451 e. The molecular weight excluding hydrogens is 414 g/mol. The predicted molar refractivity (Wildman–Crippen MR) is 130 cm³/mol. The number of nitriles is 1. The third-order valence-corrected chi connectivity index (χ3v) is 4.92. The van der Waals surface area contributed by atoms with Crippen molar-refractivity contribution in [2.45, 2.75) is 6.42 Å². The van der Waals surface area contributed by atoms with Crippen LogP contribution >= 0.6 is 0 Å². The van der Waals surface area contributed by atoms with Crippen LogP contribution in [0, 0.1) is 11.3 Å². The van der Waals surface area contributed by atoms with E-state index in [4.69, 9.17) is 4.74 Å². The van der Waals surface area contributed by atoms with E-state index in [-0.39, 0.29) is 5.57 Å². The first-order valence-electron chi connectivity index (χ1n) is 10.4. The molecule has 0 unspecified atom stereocenters. The zero-order chi connectivity index (χ0) is 23.6. The van der Waals surface area contributed by atoms with Gasteiger partial charge in [-0.2, -0.15) is 5.26 Å². The van der Waals surface area contributed by atoms with E-state index < -0.39 is 18.5 Å². The lowest BCUT2D eigenvalue weighted by Gasteiger charge is -2.12. The van der Waals surface area contributed by atoms with Crippen LogP contribution in [0.4, 0.5) is 11.4 Å². The average Bonchev–Trinajstić information content (AvgIpc) is 2.83. The van der Waals surface area contributed by atoms with Crippen LogP contribution in [0.3, 0.4) is 0 Å². The monoisotopic (exact) mass is 439 g/mol. The van der Waals surface area contributed by atoms with E-state index in [0.29, 0.717) is 17.7 Å². The Kier molecular flexibility index (Phi) is 7.98. The highest BCUT2D eigenvalue weighted by atomic mass is 16.5. The molecular formula is C27H25N3O3. The van der Waals surface area contributed by atoms with Gasteiger partial charge in [-0.3, -0.25) is 4.79 Å². The number of rotatable bonds is 8. The van der Waals surface area contributed by atoms with Gasteiger partial charge in [-0.05, 0) is 47.4 Å². The number of amides is 1. The van der Waals surface area contributed by atoms with E-state index >= 15 is 0 Å². The van der Waals surface area contributed by atoms with Gasteiger partial charge in [0.2, 0.25) is 0 Å². The Hall–Kier alpha value is -4.37. The maximum Gasteiger partial charge on any atom is 0.349 e. The smallest absolute Gasteiger partial charge is 0.349 e. The number of benzene rings is 3. The molecule has 0 aliphatic carbocycles. The van der Waals surface area contributed by atoms with Crippen molar-refractivity contribution < 1.29 is 14.3 Å². The lowest BCUT2D eigenvalue weighted by atomic mass is 10.0. The highest BCUT2D eigenvalue weighted by Crippen LogP contribution is 2.19. The molecule has 1 amide bonds. The molecule has 0 heterocycles. The van der Waals surface area contributed by atoms with Gasteiger partial charge in [-0.25, -0.2) is 4.79 Å². The summed E-state index contributed by atoms with van der Waals surface area (Å²) in [6, 6.07) is 26.6. The van der Waals surface area contributed by atoms with E-state index in [1.807, 2.05) is 85.7 Å². The van der Waals surface area contributed by atoms with Crippen LogP contribution in [-0.2, 0) is 20.7 Å². The molecule has 3 aromatic rings. The number of carbonyl (C=O) groups excluding carboxylic acids is 2. The minimum absolute atomic E-state index is 0.176. The Bertz CT molecular complexity index is 1180. The highest BCUT2D eigenvalue weighted by molar-refractivity contribution is 6.00. The molecule has 33 heavy (non-hydrogen) atoms. The molecule has 0 aliphatic heterocycles.